The third-order valence-electron chi connectivity index (χ3n) is 3.71. The van der Waals surface area contributed by atoms with Crippen molar-refractivity contribution >= 4 is 10.9 Å². The SMILES string of the molecule is C#CCCCC(NCCC)c1cc(C)nc2ccccc12. The van der Waals surface area contributed by atoms with E-state index in [2.05, 4.69) is 54.3 Å². The number of terminal acetylenes is 1. The molecule has 0 bridgehead atoms. The van der Waals surface area contributed by atoms with Gasteiger partial charge in [0.15, 0.2) is 0 Å². The van der Waals surface area contributed by atoms with Crippen LogP contribution >= 0.6 is 0 Å². The summed E-state index contributed by atoms with van der Waals surface area (Å²) in [6.07, 6.45) is 9.48. The molecule has 1 N–H and O–H groups in total. The Kier molecular flexibility index (Phi) is 5.78. The number of aryl methyl sites for hydroxylation is 1. The molecule has 0 radical (unpaired) electrons. The summed E-state index contributed by atoms with van der Waals surface area (Å²) < 4.78 is 0. The van der Waals surface area contributed by atoms with Crippen LogP contribution in [-0.4, -0.2) is 11.5 Å². The summed E-state index contributed by atoms with van der Waals surface area (Å²) in [4.78, 5) is 4.64. The first-order valence-electron chi connectivity index (χ1n) is 7.79. The van der Waals surface area contributed by atoms with Gasteiger partial charge in [0, 0.05) is 23.5 Å². The first kappa shape index (κ1) is 15.5. The van der Waals surface area contributed by atoms with Gasteiger partial charge in [-0.3, -0.25) is 4.98 Å². The predicted molar refractivity (Wildman–Crippen MR) is 90.2 cm³/mol. The number of pyridine rings is 1. The Labute approximate surface area is 128 Å². The van der Waals surface area contributed by atoms with Crippen LogP contribution < -0.4 is 5.32 Å². The van der Waals surface area contributed by atoms with Crippen molar-refractivity contribution in [2.75, 3.05) is 6.54 Å². The third-order valence-corrected chi connectivity index (χ3v) is 3.71. The lowest BCUT2D eigenvalue weighted by molar-refractivity contribution is 0.490. The Balaban J connectivity index is 2.35. The summed E-state index contributed by atoms with van der Waals surface area (Å²) in [5, 5.41) is 4.92. The van der Waals surface area contributed by atoms with Gasteiger partial charge in [0.1, 0.15) is 0 Å². The minimum absolute atomic E-state index is 0.352. The molecule has 2 rings (SSSR count). The number of aromatic nitrogens is 1. The maximum absolute atomic E-state index is 5.39. The van der Waals surface area contributed by atoms with Crippen LogP contribution in [0, 0.1) is 19.3 Å². The Morgan fingerprint density at radius 2 is 2.14 bits per heavy atom. The number of benzene rings is 1. The summed E-state index contributed by atoms with van der Waals surface area (Å²) in [7, 11) is 0. The van der Waals surface area contributed by atoms with Crippen molar-refractivity contribution in [3.05, 3.63) is 41.6 Å². The molecular formula is C19H24N2. The molecule has 2 aromatic rings. The summed E-state index contributed by atoms with van der Waals surface area (Å²) >= 11 is 0. The van der Waals surface area contributed by atoms with E-state index in [1.807, 2.05) is 6.07 Å². The first-order chi connectivity index (χ1) is 10.3. The van der Waals surface area contributed by atoms with E-state index in [0.717, 1.165) is 43.4 Å². The Hall–Kier alpha value is -1.85. The highest BCUT2D eigenvalue weighted by Crippen LogP contribution is 2.27. The second kappa shape index (κ2) is 7.81. The lowest BCUT2D eigenvalue weighted by Gasteiger charge is -2.21. The van der Waals surface area contributed by atoms with Gasteiger partial charge in [0.2, 0.25) is 0 Å². The van der Waals surface area contributed by atoms with Crippen LogP contribution in [0.1, 0.15) is 49.9 Å². The minimum Gasteiger partial charge on any atom is -0.310 e. The summed E-state index contributed by atoms with van der Waals surface area (Å²) in [6, 6.07) is 11.0. The van der Waals surface area contributed by atoms with E-state index in [9.17, 15) is 0 Å². The number of hydrogen-bond acceptors (Lipinski definition) is 2. The maximum atomic E-state index is 5.39. The molecule has 0 saturated heterocycles. The smallest absolute Gasteiger partial charge is 0.0708 e. The van der Waals surface area contributed by atoms with E-state index in [1.165, 1.54) is 10.9 Å². The van der Waals surface area contributed by atoms with Crippen molar-refractivity contribution in [1.82, 2.24) is 10.3 Å². The zero-order valence-corrected chi connectivity index (χ0v) is 13.0. The van der Waals surface area contributed by atoms with Crippen LogP contribution in [0.15, 0.2) is 30.3 Å². The molecule has 0 amide bonds. The van der Waals surface area contributed by atoms with Crippen LogP contribution in [0.25, 0.3) is 10.9 Å². The molecule has 1 unspecified atom stereocenters. The molecule has 1 heterocycles. The highest BCUT2D eigenvalue weighted by atomic mass is 14.9. The van der Waals surface area contributed by atoms with Crippen molar-refractivity contribution in [3.63, 3.8) is 0 Å². The zero-order chi connectivity index (χ0) is 15.1. The zero-order valence-electron chi connectivity index (χ0n) is 13.0. The topological polar surface area (TPSA) is 24.9 Å². The second-order valence-corrected chi connectivity index (χ2v) is 5.47. The third kappa shape index (κ3) is 4.06. The average molecular weight is 280 g/mol. The van der Waals surface area contributed by atoms with Gasteiger partial charge < -0.3 is 5.32 Å². The van der Waals surface area contributed by atoms with Gasteiger partial charge in [0.25, 0.3) is 0 Å². The molecule has 21 heavy (non-hydrogen) atoms. The fourth-order valence-corrected chi connectivity index (χ4v) is 2.72. The van der Waals surface area contributed by atoms with Crippen molar-refractivity contribution in [2.24, 2.45) is 0 Å². The van der Waals surface area contributed by atoms with Crippen molar-refractivity contribution in [1.29, 1.82) is 0 Å². The standard InChI is InChI=1S/C19H24N2/c1-4-6-7-11-18(20-13-5-2)17-14-15(3)21-19-12-9-8-10-16(17)19/h1,8-10,12,14,18,20H,5-7,11,13H2,2-3H3. The molecule has 0 saturated carbocycles. The number of nitrogens with one attached hydrogen (secondary N) is 1. The fraction of sp³-hybridized carbons (Fsp3) is 0.421. The summed E-state index contributed by atoms with van der Waals surface area (Å²) in [5.41, 5.74) is 3.50. The predicted octanol–water partition coefficient (Wildman–Crippen LogP) is 4.39. The molecule has 1 atom stereocenters. The van der Waals surface area contributed by atoms with Crippen LogP contribution in [0.2, 0.25) is 0 Å². The summed E-state index contributed by atoms with van der Waals surface area (Å²) in [6.45, 7) is 5.28. The molecule has 2 heteroatoms. The monoisotopic (exact) mass is 280 g/mol. The number of nitrogens with zero attached hydrogens (tertiary/aromatic N) is 1. The van der Waals surface area contributed by atoms with Crippen molar-refractivity contribution in [2.45, 2.75) is 45.6 Å². The van der Waals surface area contributed by atoms with E-state index >= 15 is 0 Å². The number of unbranched alkanes of at least 4 members (excludes halogenated alkanes) is 1. The van der Waals surface area contributed by atoms with E-state index in [1.54, 1.807) is 0 Å². The highest BCUT2D eigenvalue weighted by Gasteiger charge is 2.14. The molecule has 1 aromatic carbocycles. The van der Waals surface area contributed by atoms with E-state index < -0.39 is 0 Å². The van der Waals surface area contributed by atoms with E-state index in [0.29, 0.717) is 6.04 Å². The van der Waals surface area contributed by atoms with Gasteiger partial charge in [-0.15, -0.1) is 12.3 Å². The minimum atomic E-state index is 0.352. The molecule has 110 valence electrons. The number of hydrogen-bond donors (Lipinski definition) is 1. The Morgan fingerprint density at radius 3 is 2.90 bits per heavy atom. The summed E-state index contributed by atoms with van der Waals surface area (Å²) in [5.74, 6) is 2.74. The largest absolute Gasteiger partial charge is 0.310 e. The Morgan fingerprint density at radius 1 is 1.33 bits per heavy atom. The van der Waals surface area contributed by atoms with Gasteiger partial charge in [-0.05, 0) is 50.4 Å². The lowest BCUT2D eigenvalue weighted by atomic mass is 9.96. The lowest BCUT2D eigenvalue weighted by Crippen LogP contribution is -2.22. The van der Waals surface area contributed by atoms with E-state index in [-0.39, 0.29) is 0 Å². The Bertz CT molecular complexity index is 625. The van der Waals surface area contributed by atoms with Crippen LogP contribution in [0.5, 0.6) is 0 Å². The average Bonchev–Trinajstić information content (AvgIpc) is 2.50. The van der Waals surface area contributed by atoms with Crippen molar-refractivity contribution < 1.29 is 0 Å². The van der Waals surface area contributed by atoms with Gasteiger partial charge in [-0.25, -0.2) is 0 Å². The molecule has 0 fully saturated rings. The molecule has 0 aliphatic carbocycles. The molecule has 0 aliphatic rings. The van der Waals surface area contributed by atoms with Crippen molar-refractivity contribution in [3.8, 4) is 12.3 Å². The molecule has 0 spiro atoms. The number of fused-ring (bicyclic) bond motifs is 1. The molecule has 1 aromatic heterocycles. The molecule has 2 nitrogen and oxygen atoms in total. The van der Waals surface area contributed by atoms with Gasteiger partial charge in [0.05, 0.1) is 5.52 Å². The second-order valence-electron chi connectivity index (χ2n) is 5.47. The normalized spacial score (nSPS) is 12.2. The van der Waals surface area contributed by atoms with Crippen LogP contribution in [-0.2, 0) is 0 Å². The van der Waals surface area contributed by atoms with Gasteiger partial charge in [-0.1, -0.05) is 25.1 Å². The van der Waals surface area contributed by atoms with Gasteiger partial charge >= 0.3 is 0 Å². The van der Waals surface area contributed by atoms with Gasteiger partial charge in [-0.2, -0.15) is 0 Å². The molecular weight excluding hydrogens is 256 g/mol. The maximum Gasteiger partial charge on any atom is 0.0708 e. The first-order valence-corrected chi connectivity index (χ1v) is 7.79. The van der Waals surface area contributed by atoms with Crippen LogP contribution in [0.3, 0.4) is 0 Å². The van der Waals surface area contributed by atoms with Crippen LogP contribution in [0.4, 0.5) is 0 Å². The fourth-order valence-electron chi connectivity index (χ4n) is 2.72. The molecule has 0 aliphatic heterocycles. The number of rotatable bonds is 7. The highest BCUT2D eigenvalue weighted by molar-refractivity contribution is 5.82. The van der Waals surface area contributed by atoms with E-state index in [4.69, 9.17) is 6.42 Å². The quantitative estimate of drug-likeness (QED) is 0.601. The number of para-hydroxylation sites is 1.